The molecule has 0 aliphatic carbocycles. The van der Waals surface area contributed by atoms with Crippen LogP contribution in [-0.4, -0.2) is 18.2 Å². The lowest BCUT2D eigenvalue weighted by atomic mass is 10.1. The van der Waals surface area contributed by atoms with Crippen molar-refractivity contribution in [3.63, 3.8) is 0 Å². The van der Waals surface area contributed by atoms with Gasteiger partial charge in [0.2, 0.25) is 0 Å². The second kappa shape index (κ2) is 5.83. The molecule has 82 valence electrons. The fraction of sp³-hybridized carbons (Fsp3) is 0.417. The van der Waals surface area contributed by atoms with Crippen LogP contribution in [0.5, 0.6) is 0 Å². The van der Waals surface area contributed by atoms with Crippen molar-refractivity contribution in [3.8, 4) is 0 Å². The summed E-state index contributed by atoms with van der Waals surface area (Å²) in [5.41, 5.74) is 2.20. The fourth-order valence-corrected chi connectivity index (χ4v) is 1.96. The lowest BCUT2D eigenvalue weighted by molar-refractivity contribution is 0.135. The van der Waals surface area contributed by atoms with E-state index in [-0.39, 0.29) is 6.10 Å². The summed E-state index contributed by atoms with van der Waals surface area (Å²) in [4.78, 5) is 4.39. The fourth-order valence-electron chi connectivity index (χ4n) is 1.39. The summed E-state index contributed by atoms with van der Waals surface area (Å²) in [5, 5.41) is 3.14. The first kappa shape index (κ1) is 12.1. The van der Waals surface area contributed by atoms with Crippen LogP contribution < -0.4 is 0 Å². The Morgan fingerprint density at radius 1 is 1.73 bits per heavy atom. The summed E-state index contributed by atoms with van der Waals surface area (Å²) >= 11 is 1.66. The van der Waals surface area contributed by atoms with Gasteiger partial charge in [-0.2, -0.15) is 0 Å². The molecule has 1 aromatic heterocycles. The van der Waals surface area contributed by atoms with Crippen molar-refractivity contribution in [1.29, 1.82) is 0 Å². The molecular weight excluding hydrogens is 206 g/mol. The summed E-state index contributed by atoms with van der Waals surface area (Å²) in [5.74, 6) is 0. The van der Waals surface area contributed by atoms with Crippen molar-refractivity contribution in [1.82, 2.24) is 4.98 Å². The molecule has 1 atom stereocenters. The molecule has 0 amide bonds. The Labute approximate surface area is 95.3 Å². The summed E-state index contributed by atoms with van der Waals surface area (Å²) in [6.45, 7) is 7.79. The highest BCUT2D eigenvalue weighted by Gasteiger charge is 2.07. The van der Waals surface area contributed by atoms with Crippen molar-refractivity contribution in [2.75, 3.05) is 7.11 Å². The van der Waals surface area contributed by atoms with Crippen molar-refractivity contribution in [2.24, 2.45) is 0 Å². The van der Waals surface area contributed by atoms with E-state index in [2.05, 4.69) is 29.9 Å². The number of rotatable bonds is 5. The first-order valence-corrected chi connectivity index (χ1v) is 5.79. The van der Waals surface area contributed by atoms with Crippen LogP contribution in [0.15, 0.2) is 23.6 Å². The molecule has 0 N–H and O–H groups in total. The first-order valence-electron chi connectivity index (χ1n) is 4.91. The average molecular weight is 223 g/mol. The Hall–Kier alpha value is -0.930. The topological polar surface area (TPSA) is 22.1 Å². The maximum atomic E-state index is 5.37. The van der Waals surface area contributed by atoms with Crippen LogP contribution >= 0.6 is 11.3 Å². The third kappa shape index (κ3) is 3.61. The van der Waals surface area contributed by atoms with E-state index in [0.717, 1.165) is 17.1 Å². The molecule has 3 heteroatoms. The van der Waals surface area contributed by atoms with Gasteiger partial charge in [0.25, 0.3) is 0 Å². The van der Waals surface area contributed by atoms with Gasteiger partial charge in [-0.3, -0.25) is 0 Å². The van der Waals surface area contributed by atoms with Crippen LogP contribution in [0.3, 0.4) is 0 Å². The third-order valence-corrected chi connectivity index (χ3v) is 2.98. The van der Waals surface area contributed by atoms with Gasteiger partial charge in [0.1, 0.15) is 0 Å². The zero-order valence-corrected chi connectivity index (χ0v) is 10.3. The SMILES string of the molecule is C=CC[C@H](OC)C(C)=Cc1csc(C)n1. The van der Waals surface area contributed by atoms with E-state index >= 15 is 0 Å². The molecule has 15 heavy (non-hydrogen) atoms. The largest absolute Gasteiger partial charge is 0.377 e. The number of aryl methyl sites for hydroxylation is 1. The van der Waals surface area contributed by atoms with Crippen LogP contribution in [0, 0.1) is 6.92 Å². The van der Waals surface area contributed by atoms with Gasteiger partial charge in [-0.05, 0) is 31.9 Å². The highest BCUT2D eigenvalue weighted by molar-refractivity contribution is 7.09. The van der Waals surface area contributed by atoms with Crippen LogP contribution in [0.4, 0.5) is 0 Å². The number of aromatic nitrogens is 1. The van der Waals surface area contributed by atoms with Crippen molar-refractivity contribution >= 4 is 17.4 Å². The maximum Gasteiger partial charge on any atom is 0.0901 e. The predicted molar refractivity (Wildman–Crippen MR) is 66.1 cm³/mol. The third-order valence-electron chi connectivity index (χ3n) is 2.19. The molecule has 0 fully saturated rings. The lowest BCUT2D eigenvalue weighted by Gasteiger charge is -2.13. The van der Waals surface area contributed by atoms with E-state index in [4.69, 9.17) is 4.74 Å². The molecule has 0 unspecified atom stereocenters. The Kier molecular flexibility index (Phi) is 4.72. The van der Waals surface area contributed by atoms with Gasteiger partial charge in [0.15, 0.2) is 0 Å². The Morgan fingerprint density at radius 3 is 2.93 bits per heavy atom. The molecule has 1 aromatic rings. The lowest BCUT2D eigenvalue weighted by Crippen LogP contribution is -2.10. The standard InChI is InChI=1S/C12H17NOS/c1-5-6-12(14-4)9(2)7-11-8-15-10(3)13-11/h5,7-8,12H,1,6H2,2-4H3/t12-/m0/s1. The molecule has 0 aliphatic rings. The Bertz CT molecular complexity index is 354. The highest BCUT2D eigenvalue weighted by Crippen LogP contribution is 2.16. The van der Waals surface area contributed by atoms with Gasteiger partial charge in [0, 0.05) is 12.5 Å². The molecule has 0 saturated heterocycles. The smallest absolute Gasteiger partial charge is 0.0901 e. The zero-order chi connectivity index (χ0) is 11.3. The number of methoxy groups -OCH3 is 1. The monoisotopic (exact) mass is 223 g/mol. The summed E-state index contributed by atoms with van der Waals surface area (Å²) in [6, 6.07) is 0. The van der Waals surface area contributed by atoms with Crippen molar-refractivity contribution in [2.45, 2.75) is 26.4 Å². The second-order valence-corrected chi connectivity index (χ2v) is 4.49. The highest BCUT2D eigenvalue weighted by atomic mass is 32.1. The molecule has 1 rings (SSSR count). The normalized spacial score (nSPS) is 13.9. The Morgan fingerprint density at radius 2 is 2.47 bits per heavy atom. The number of hydrogen-bond donors (Lipinski definition) is 0. The average Bonchev–Trinajstić information content (AvgIpc) is 2.60. The molecular formula is C12H17NOS. The molecule has 2 nitrogen and oxygen atoms in total. The number of ether oxygens (including phenoxy) is 1. The van der Waals surface area contributed by atoms with Crippen LogP contribution in [0.2, 0.25) is 0 Å². The molecule has 0 bridgehead atoms. The summed E-state index contributed by atoms with van der Waals surface area (Å²) < 4.78 is 5.37. The minimum Gasteiger partial charge on any atom is -0.377 e. The van der Waals surface area contributed by atoms with Gasteiger partial charge in [-0.25, -0.2) is 4.98 Å². The number of nitrogens with zero attached hydrogens (tertiary/aromatic N) is 1. The molecule has 0 aromatic carbocycles. The molecule has 0 spiro atoms. The van der Waals surface area contributed by atoms with Crippen molar-refractivity contribution in [3.05, 3.63) is 34.3 Å². The van der Waals surface area contributed by atoms with E-state index < -0.39 is 0 Å². The summed E-state index contributed by atoms with van der Waals surface area (Å²) in [7, 11) is 1.72. The number of thiazole rings is 1. The molecule has 0 saturated carbocycles. The van der Waals surface area contributed by atoms with E-state index in [1.54, 1.807) is 18.4 Å². The second-order valence-electron chi connectivity index (χ2n) is 3.43. The van der Waals surface area contributed by atoms with Gasteiger partial charge >= 0.3 is 0 Å². The van der Waals surface area contributed by atoms with Crippen LogP contribution in [0.25, 0.3) is 6.08 Å². The van der Waals surface area contributed by atoms with E-state index in [9.17, 15) is 0 Å². The molecule has 0 aliphatic heterocycles. The van der Waals surface area contributed by atoms with E-state index in [0.29, 0.717) is 0 Å². The van der Waals surface area contributed by atoms with Gasteiger partial charge in [0.05, 0.1) is 16.8 Å². The minimum absolute atomic E-state index is 0.115. The summed E-state index contributed by atoms with van der Waals surface area (Å²) in [6.07, 6.45) is 4.89. The quantitative estimate of drug-likeness (QED) is 0.713. The van der Waals surface area contributed by atoms with Gasteiger partial charge < -0.3 is 4.74 Å². The van der Waals surface area contributed by atoms with Crippen LogP contribution in [-0.2, 0) is 4.74 Å². The van der Waals surface area contributed by atoms with Crippen LogP contribution in [0.1, 0.15) is 24.0 Å². The maximum absolute atomic E-state index is 5.37. The van der Waals surface area contributed by atoms with E-state index in [1.165, 1.54) is 5.57 Å². The Balaban J connectivity index is 2.76. The van der Waals surface area contributed by atoms with Crippen molar-refractivity contribution < 1.29 is 4.74 Å². The number of hydrogen-bond acceptors (Lipinski definition) is 3. The molecule has 1 heterocycles. The molecule has 0 radical (unpaired) electrons. The van der Waals surface area contributed by atoms with Gasteiger partial charge in [-0.15, -0.1) is 17.9 Å². The first-order chi connectivity index (χ1) is 7.17. The predicted octanol–water partition coefficient (Wildman–Crippen LogP) is 3.45. The van der Waals surface area contributed by atoms with E-state index in [1.807, 2.05) is 13.0 Å². The minimum atomic E-state index is 0.115. The zero-order valence-electron chi connectivity index (χ0n) is 9.49. The van der Waals surface area contributed by atoms with Gasteiger partial charge in [-0.1, -0.05) is 6.08 Å².